The van der Waals surface area contributed by atoms with Gasteiger partial charge in [-0.15, -0.1) is 0 Å². The van der Waals surface area contributed by atoms with Crippen LogP contribution in [0.2, 0.25) is 0 Å². The summed E-state index contributed by atoms with van der Waals surface area (Å²) in [5.74, 6) is -1.46. The van der Waals surface area contributed by atoms with Crippen molar-refractivity contribution in [3.05, 3.63) is 29.3 Å². The van der Waals surface area contributed by atoms with Crippen LogP contribution in [-0.4, -0.2) is 37.5 Å². The van der Waals surface area contributed by atoms with Gasteiger partial charge in [-0.25, -0.2) is 0 Å². The van der Waals surface area contributed by atoms with Crippen molar-refractivity contribution in [2.75, 3.05) is 18.7 Å². The zero-order chi connectivity index (χ0) is 18.3. The minimum absolute atomic E-state index is 0.0167. The summed E-state index contributed by atoms with van der Waals surface area (Å²) in [4.78, 5) is 30.0. The Morgan fingerprint density at radius 1 is 1.38 bits per heavy atom. The van der Waals surface area contributed by atoms with Gasteiger partial charge in [-0.3, -0.25) is 14.5 Å². The summed E-state index contributed by atoms with van der Waals surface area (Å²) in [6, 6.07) is 7.15. The number of rotatable bonds is 7. The quantitative estimate of drug-likeness (QED) is 0.454. The van der Waals surface area contributed by atoms with E-state index in [2.05, 4.69) is 5.16 Å². The largest absolute Gasteiger partial charge is 0.381 e. The molecule has 0 bridgehead atoms. The Kier molecular flexibility index (Phi) is 6.89. The number of nitrogens with two attached hydrogens (primary N) is 1. The molecular formula is C16H20N4O4. The Morgan fingerprint density at radius 2 is 1.96 bits per heavy atom. The summed E-state index contributed by atoms with van der Waals surface area (Å²) in [6.45, 7) is 5.23. The third-order valence-electron chi connectivity index (χ3n) is 3.22. The molecule has 1 atom stereocenters. The number of carbonyl (C=O) groups is 2. The molecule has 24 heavy (non-hydrogen) atoms. The summed E-state index contributed by atoms with van der Waals surface area (Å²) >= 11 is 0. The molecule has 1 unspecified atom stereocenters. The fourth-order valence-electron chi connectivity index (χ4n) is 2.12. The average Bonchev–Trinajstić information content (AvgIpc) is 2.53. The van der Waals surface area contributed by atoms with E-state index in [4.69, 9.17) is 20.6 Å². The number of nitriles is 1. The first-order valence-electron chi connectivity index (χ1n) is 7.13. The van der Waals surface area contributed by atoms with Crippen molar-refractivity contribution in [3.63, 3.8) is 0 Å². The Labute approximate surface area is 140 Å². The van der Waals surface area contributed by atoms with E-state index in [1.165, 1.54) is 25.0 Å². The highest BCUT2D eigenvalue weighted by Gasteiger charge is 2.26. The molecule has 0 radical (unpaired) electrons. The number of ether oxygens (including phenoxy) is 1. The maximum Gasteiger partial charge on any atom is 0.281 e. The molecule has 0 saturated heterocycles. The van der Waals surface area contributed by atoms with E-state index in [0.717, 1.165) is 11.1 Å². The van der Waals surface area contributed by atoms with E-state index in [0.29, 0.717) is 5.69 Å². The van der Waals surface area contributed by atoms with E-state index < -0.39 is 23.6 Å². The molecule has 8 heteroatoms. The number of aryl methyl sites for hydroxylation is 2. The van der Waals surface area contributed by atoms with Gasteiger partial charge in [-0.2, -0.15) is 5.26 Å². The Bertz CT molecular complexity index is 674. The number of anilines is 1. The van der Waals surface area contributed by atoms with Crippen LogP contribution in [0, 0.1) is 25.2 Å². The van der Waals surface area contributed by atoms with Gasteiger partial charge in [-0.05, 0) is 31.9 Å². The van der Waals surface area contributed by atoms with Crippen LogP contribution in [0.25, 0.3) is 0 Å². The minimum Gasteiger partial charge on any atom is -0.381 e. The number of benzene rings is 1. The molecule has 0 fully saturated rings. The number of para-hydroxylation sites is 1. The van der Waals surface area contributed by atoms with Crippen LogP contribution in [0.1, 0.15) is 18.1 Å². The summed E-state index contributed by atoms with van der Waals surface area (Å²) in [5.41, 5.74) is 6.85. The third-order valence-corrected chi connectivity index (χ3v) is 3.22. The SMILES string of the molecule is COCN(C(=O)C(C)ON=C(C#N)C(N)=O)c1c(C)cccc1C. The van der Waals surface area contributed by atoms with Crippen molar-refractivity contribution in [1.29, 1.82) is 5.26 Å². The average molecular weight is 332 g/mol. The normalized spacial score (nSPS) is 12.2. The fourth-order valence-corrected chi connectivity index (χ4v) is 2.12. The maximum absolute atomic E-state index is 12.7. The lowest BCUT2D eigenvalue weighted by molar-refractivity contribution is -0.130. The van der Waals surface area contributed by atoms with E-state index in [-0.39, 0.29) is 6.73 Å². The molecule has 0 aliphatic carbocycles. The second-order valence-electron chi connectivity index (χ2n) is 5.09. The van der Waals surface area contributed by atoms with E-state index in [1.807, 2.05) is 32.0 Å². The van der Waals surface area contributed by atoms with Crippen molar-refractivity contribution >= 4 is 23.2 Å². The van der Waals surface area contributed by atoms with Crippen LogP contribution >= 0.6 is 0 Å². The number of methoxy groups -OCH3 is 1. The molecule has 0 spiro atoms. The van der Waals surface area contributed by atoms with Crippen molar-refractivity contribution in [2.45, 2.75) is 26.9 Å². The highest BCUT2D eigenvalue weighted by atomic mass is 16.6. The Morgan fingerprint density at radius 3 is 2.42 bits per heavy atom. The number of primary amides is 1. The first-order chi connectivity index (χ1) is 11.3. The molecule has 0 aliphatic rings. The molecule has 2 amide bonds. The number of nitrogens with zero attached hydrogens (tertiary/aromatic N) is 3. The molecule has 128 valence electrons. The lowest BCUT2D eigenvalue weighted by Gasteiger charge is -2.27. The van der Waals surface area contributed by atoms with Crippen LogP contribution < -0.4 is 10.6 Å². The van der Waals surface area contributed by atoms with Crippen LogP contribution in [0.15, 0.2) is 23.4 Å². The summed E-state index contributed by atoms with van der Waals surface area (Å²) in [7, 11) is 1.47. The number of hydrogen-bond donors (Lipinski definition) is 1. The maximum atomic E-state index is 12.7. The van der Waals surface area contributed by atoms with Crippen LogP contribution in [0.3, 0.4) is 0 Å². The highest BCUT2D eigenvalue weighted by Crippen LogP contribution is 2.25. The third kappa shape index (κ3) is 4.54. The standard InChI is InChI=1S/C16H20N4O4/c1-10-6-5-7-11(2)14(10)20(9-23-4)16(22)12(3)24-19-13(8-17)15(18)21/h5-7,12H,9H2,1-4H3,(H2,18,21). The summed E-state index contributed by atoms with van der Waals surface area (Å²) in [6.07, 6.45) is -1.04. The zero-order valence-electron chi connectivity index (χ0n) is 14.1. The van der Waals surface area contributed by atoms with Crippen LogP contribution in [0.4, 0.5) is 5.69 Å². The molecule has 0 aromatic heterocycles. The zero-order valence-corrected chi connectivity index (χ0v) is 14.1. The van der Waals surface area contributed by atoms with E-state index in [1.54, 1.807) is 0 Å². The number of carbonyl (C=O) groups excluding carboxylic acids is 2. The lowest BCUT2D eigenvalue weighted by Crippen LogP contribution is -2.41. The van der Waals surface area contributed by atoms with Gasteiger partial charge in [0.1, 0.15) is 12.8 Å². The lowest BCUT2D eigenvalue weighted by atomic mass is 10.1. The topological polar surface area (TPSA) is 118 Å². The van der Waals surface area contributed by atoms with Crippen LogP contribution in [0.5, 0.6) is 0 Å². The summed E-state index contributed by atoms with van der Waals surface area (Å²) in [5, 5.41) is 12.1. The van der Waals surface area contributed by atoms with Gasteiger partial charge >= 0.3 is 0 Å². The number of amides is 2. The highest BCUT2D eigenvalue weighted by molar-refractivity contribution is 6.44. The molecule has 1 rings (SSSR count). The first-order valence-corrected chi connectivity index (χ1v) is 7.13. The molecule has 2 N–H and O–H groups in total. The van der Waals surface area contributed by atoms with Crippen molar-refractivity contribution in [1.82, 2.24) is 0 Å². The van der Waals surface area contributed by atoms with Gasteiger partial charge in [0.25, 0.3) is 11.8 Å². The Hall–Kier alpha value is -2.92. The van der Waals surface area contributed by atoms with Gasteiger partial charge < -0.3 is 15.3 Å². The second-order valence-corrected chi connectivity index (χ2v) is 5.09. The second kappa shape index (κ2) is 8.64. The molecule has 0 aliphatic heterocycles. The molecule has 8 nitrogen and oxygen atoms in total. The molecular weight excluding hydrogens is 312 g/mol. The summed E-state index contributed by atoms with van der Waals surface area (Å²) < 4.78 is 5.11. The van der Waals surface area contributed by atoms with Crippen LogP contribution in [-0.2, 0) is 19.2 Å². The van der Waals surface area contributed by atoms with Crippen molar-refractivity contribution in [2.24, 2.45) is 10.9 Å². The Balaban J connectivity index is 3.07. The molecule has 0 heterocycles. The first kappa shape index (κ1) is 19.1. The predicted molar refractivity (Wildman–Crippen MR) is 88.1 cm³/mol. The van der Waals surface area contributed by atoms with Crippen molar-refractivity contribution < 1.29 is 19.2 Å². The van der Waals surface area contributed by atoms with Crippen molar-refractivity contribution in [3.8, 4) is 6.07 Å². The van der Waals surface area contributed by atoms with Gasteiger partial charge in [0, 0.05) is 7.11 Å². The molecule has 1 aromatic rings. The monoisotopic (exact) mass is 332 g/mol. The predicted octanol–water partition coefficient (Wildman–Crippen LogP) is 1.01. The van der Waals surface area contributed by atoms with E-state index >= 15 is 0 Å². The van der Waals surface area contributed by atoms with Gasteiger partial charge in [0.05, 0.1) is 5.69 Å². The molecule has 0 saturated carbocycles. The molecule has 1 aromatic carbocycles. The fraction of sp³-hybridized carbons (Fsp3) is 0.375. The van der Waals surface area contributed by atoms with Gasteiger partial charge in [0.15, 0.2) is 0 Å². The smallest absolute Gasteiger partial charge is 0.281 e. The van der Waals surface area contributed by atoms with Gasteiger partial charge in [0.2, 0.25) is 11.8 Å². The minimum atomic E-state index is -1.04. The number of oxime groups is 1. The number of hydrogen-bond acceptors (Lipinski definition) is 6. The van der Waals surface area contributed by atoms with Gasteiger partial charge in [-0.1, -0.05) is 23.4 Å². The van der Waals surface area contributed by atoms with E-state index in [9.17, 15) is 9.59 Å².